The van der Waals surface area contributed by atoms with Gasteiger partial charge in [-0.25, -0.2) is 0 Å². The predicted molar refractivity (Wildman–Crippen MR) is 86.4 cm³/mol. The number of amides is 1. The van der Waals surface area contributed by atoms with E-state index in [1.807, 2.05) is 11.8 Å². The largest absolute Gasteiger partial charge is 0.389 e. The van der Waals surface area contributed by atoms with Crippen LogP contribution in [0.25, 0.3) is 0 Å². The highest BCUT2D eigenvalue weighted by molar-refractivity contribution is 5.94. The van der Waals surface area contributed by atoms with Crippen molar-refractivity contribution in [2.75, 3.05) is 26.8 Å². The molecule has 1 fully saturated rings. The Balaban J connectivity index is 1.69. The number of nitrogens with one attached hydrogen (secondary N) is 1. The molecule has 1 aliphatic heterocycles. The summed E-state index contributed by atoms with van der Waals surface area (Å²) in [6.07, 6.45) is 5.42. The molecule has 2 N–H and O–H groups in total. The first kappa shape index (κ1) is 16.5. The number of nitrogens with zero attached hydrogens (tertiary/aromatic N) is 2. The summed E-state index contributed by atoms with van der Waals surface area (Å²) >= 11 is 0. The molecule has 1 aromatic heterocycles. The Morgan fingerprint density at radius 1 is 1.48 bits per heavy atom. The minimum absolute atomic E-state index is 0.00467. The van der Waals surface area contributed by atoms with Crippen molar-refractivity contribution in [3.8, 4) is 0 Å². The van der Waals surface area contributed by atoms with Gasteiger partial charge in [0.05, 0.1) is 5.60 Å². The molecule has 2 atom stereocenters. The highest BCUT2D eigenvalue weighted by Gasteiger charge is 2.40. The number of ether oxygens (including phenoxy) is 1. The molecule has 1 aromatic rings. The summed E-state index contributed by atoms with van der Waals surface area (Å²) in [5.74, 6) is 0.0372. The van der Waals surface area contributed by atoms with Gasteiger partial charge in [-0.1, -0.05) is 6.92 Å². The summed E-state index contributed by atoms with van der Waals surface area (Å²) in [6.45, 7) is 3.70. The molecule has 1 aliphatic carbocycles. The fourth-order valence-electron chi connectivity index (χ4n) is 3.81. The van der Waals surface area contributed by atoms with Crippen molar-refractivity contribution in [1.82, 2.24) is 15.1 Å². The number of carbonyl (C=O) groups excluding carboxylic acids is 1. The average Bonchev–Trinajstić information content (AvgIpc) is 2.99. The van der Waals surface area contributed by atoms with Crippen molar-refractivity contribution in [2.24, 2.45) is 5.92 Å². The van der Waals surface area contributed by atoms with Crippen LogP contribution in [0, 0.1) is 5.92 Å². The van der Waals surface area contributed by atoms with Crippen LogP contribution in [0.4, 0.5) is 0 Å². The third-order valence-electron chi connectivity index (χ3n) is 5.51. The number of piperidine rings is 1. The zero-order chi connectivity index (χ0) is 16.4. The minimum Gasteiger partial charge on any atom is -0.389 e. The lowest BCUT2D eigenvalue weighted by atomic mass is 9.79. The lowest BCUT2D eigenvalue weighted by molar-refractivity contribution is -0.0751. The van der Waals surface area contributed by atoms with E-state index < -0.39 is 5.60 Å². The zero-order valence-corrected chi connectivity index (χ0v) is 14.1. The second-order valence-corrected chi connectivity index (χ2v) is 6.99. The maximum atomic E-state index is 12.8. The number of fused-ring (bicyclic) bond motifs is 1. The Labute approximate surface area is 137 Å². The van der Waals surface area contributed by atoms with Gasteiger partial charge in [0.2, 0.25) is 0 Å². The van der Waals surface area contributed by atoms with Crippen LogP contribution in [-0.4, -0.2) is 58.5 Å². The van der Waals surface area contributed by atoms with Crippen LogP contribution in [0.5, 0.6) is 0 Å². The summed E-state index contributed by atoms with van der Waals surface area (Å²) in [4.78, 5) is 14.7. The number of carbonyl (C=O) groups is 1. The monoisotopic (exact) mass is 321 g/mol. The van der Waals surface area contributed by atoms with Crippen LogP contribution in [0.2, 0.25) is 0 Å². The Hall–Kier alpha value is -1.40. The second kappa shape index (κ2) is 6.61. The van der Waals surface area contributed by atoms with Gasteiger partial charge in [-0.2, -0.15) is 5.10 Å². The maximum absolute atomic E-state index is 12.8. The number of methoxy groups -OCH3 is 1. The van der Waals surface area contributed by atoms with Gasteiger partial charge < -0.3 is 14.7 Å². The van der Waals surface area contributed by atoms with Gasteiger partial charge in [-0.05, 0) is 38.5 Å². The highest BCUT2D eigenvalue weighted by Crippen LogP contribution is 2.32. The van der Waals surface area contributed by atoms with E-state index >= 15 is 0 Å². The number of hydrogen-bond acceptors (Lipinski definition) is 4. The number of hydrogen-bond donors (Lipinski definition) is 2. The summed E-state index contributed by atoms with van der Waals surface area (Å²) in [6, 6.07) is 0. The minimum atomic E-state index is -0.738. The standard InChI is InChI=1S/C17H27N3O3/c1-12-11-20(9-7-17(12,22)8-10-23-2)16(21)15-13-5-3-4-6-14(13)18-19-15/h12,22H,3-11H2,1-2H3,(H,18,19)/t12?,17-/m1/s1. The van der Waals surface area contributed by atoms with Crippen LogP contribution in [0.1, 0.15) is 54.4 Å². The van der Waals surface area contributed by atoms with Crippen molar-refractivity contribution >= 4 is 5.91 Å². The molecule has 0 bridgehead atoms. The third kappa shape index (κ3) is 3.15. The lowest BCUT2D eigenvalue weighted by Crippen LogP contribution is -2.53. The smallest absolute Gasteiger partial charge is 0.274 e. The van der Waals surface area contributed by atoms with Gasteiger partial charge in [0.1, 0.15) is 0 Å². The quantitative estimate of drug-likeness (QED) is 0.882. The normalized spacial score (nSPS) is 27.8. The Morgan fingerprint density at radius 3 is 3.00 bits per heavy atom. The molecule has 3 rings (SSSR count). The Kier molecular flexibility index (Phi) is 4.73. The van der Waals surface area contributed by atoms with Crippen LogP contribution < -0.4 is 0 Å². The molecule has 1 amide bonds. The SMILES string of the molecule is COCC[C@]1(O)CCN(C(=O)c2n[nH]c3c2CCCC3)CC1C. The molecule has 6 heteroatoms. The van der Waals surface area contributed by atoms with Gasteiger partial charge in [0.15, 0.2) is 5.69 Å². The van der Waals surface area contributed by atoms with Crippen LogP contribution in [-0.2, 0) is 17.6 Å². The second-order valence-electron chi connectivity index (χ2n) is 6.99. The lowest BCUT2D eigenvalue weighted by Gasteiger charge is -2.43. The molecule has 6 nitrogen and oxygen atoms in total. The Bertz CT molecular complexity index is 571. The summed E-state index contributed by atoms with van der Waals surface area (Å²) in [5, 5.41) is 18.1. The third-order valence-corrected chi connectivity index (χ3v) is 5.51. The first-order valence-electron chi connectivity index (χ1n) is 8.62. The van der Waals surface area contributed by atoms with Crippen LogP contribution in [0.15, 0.2) is 0 Å². The topological polar surface area (TPSA) is 78.5 Å². The Morgan fingerprint density at radius 2 is 2.26 bits per heavy atom. The molecule has 0 aromatic carbocycles. The van der Waals surface area contributed by atoms with Crippen molar-refractivity contribution in [2.45, 2.75) is 51.0 Å². The summed E-state index contributed by atoms with van der Waals surface area (Å²) in [5.41, 5.74) is 2.09. The number of aromatic nitrogens is 2. The zero-order valence-electron chi connectivity index (χ0n) is 14.1. The first-order chi connectivity index (χ1) is 11.0. The summed E-state index contributed by atoms with van der Waals surface area (Å²) < 4.78 is 5.10. The molecule has 128 valence electrons. The summed E-state index contributed by atoms with van der Waals surface area (Å²) in [7, 11) is 1.65. The maximum Gasteiger partial charge on any atom is 0.274 e. The number of aliphatic hydroxyl groups is 1. The molecule has 1 saturated heterocycles. The van der Waals surface area contributed by atoms with Gasteiger partial charge in [0.25, 0.3) is 5.91 Å². The molecular weight excluding hydrogens is 294 g/mol. The van der Waals surface area contributed by atoms with E-state index in [0.29, 0.717) is 38.2 Å². The highest BCUT2D eigenvalue weighted by atomic mass is 16.5. The van der Waals surface area contributed by atoms with E-state index in [1.54, 1.807) is 7.11 Å². The molecule has 0 radical (unpaired) electrons. The first-order valence-corrected chi connectivity index (χ1v) is 8.62. The van der Waals surface area contributed by atoms with E-state index in [-0.39, 0.29) is 11.8 Å². The van der Waals surface area contributed by atoms with E-state index in [9.17, 15) is 9.90 Å². The van der Waals surface area contributed by atoms with Crippen LogP contribution >= 0.6 is 0 Å². The van der Waals surface area contributed by atoms with Gasteiger partial charge in [0, 0.05) is 44.0 Å². The van der Waals surface area contributed by atoms with Crippen molar-refractivity contribution in [3.05, 3.63) is 17.0 Å². The number of aromatic amines is 1. The van der Waals surface area contributed by atoms with Gasteiger partial charge in [-0.15, -0.1) is 0 Å². The van der Waals surface area contributed by atoms with E-state index in [2.05, 4.69) is 10.2 Å². The number of rotatable bonds is 4. The van der Waals surface area contributed by atoms with Crippen molar-refractivity contribution in [3.63, 3.8) is 0 Å². The van der Waals surface area contributed by atoms with Crippen LogP contribution in [0.3, 0.4) is 0 Å². The van der Waals surface area contributed by atoms with Crippen molar-refractivity contribution < 1.29 is 14.6 Å². The van der Waals surface area contributed by atoms with Gasteiger partial charge in [-0.3, -0.25) is 9.89 Å². The fourth-order valence-corrected chi connectivity index (χ4v) is 3.81. The van der Waals surface area contributed by atoms with E-state index in [1.165, 1.54) is 0 Å². The fraction of sp³-hybridized carbons (Fsp3) is 0.765. The van der Waals surface area contributed by atoms with Gasteiger partial charge >= 0.3 is 0 Å². The average molecular weight is 321 g/mol. The number of likely N-dealkylation sites (tertiary alicyclic amines) is 1. The molecule has 2 heterocycles. The molecule has 1 unspecified atom stereocenters. The van der Waals surface area contributed by atoms with E-state index in [0.717, 1.165) is 36.9 Å². The molecular formula is C17H27N3O3. The number of H-pyrrole nitrogens is 1. The number of aryl methyl sites for hydroxylation is 1. The molecule has 2 aliphatic rings. The molecule has 0 spiro atoms. The molecule has 0 saturated carbocycles. The molecule has 23 heavy (non-hydrogen) atoms. The predicted octanol–water partition coefficient (Wildman–Crippen LogP) is 1.54. The van der Waals surface area contributed by atoms with E-state index in [4.69, 9.17) is 4.74 Å². The van der Waals surface area contributed by atoms with Crippen molar-refractivity contribution in [1.29, 1.82) is 0 Å².